The number of carbonyl (C=O) groups is 3. The van der Waals surface area contributed by atoms with Crippen LogP contribution in [0.25, 0.3) is 0 Å². The molecule has 2 aliphatic rings. The summed E-state index contributed by atoms with van der Waals surface area (Å²) in [7, 11) is 0. The summed E-state index contributed by atoms with van der Waals surface area (Å²) in [5.41, 5.74) is 0.0864. The summed E-state index contributed by atoms with van der Waals surface area (Å²) in [6.07, 6.45) is 1.54. The molecule has 0 saturated carbocycles. The SMILES string of the molecule is Cc1oc(CN2CC(=O)N3CCCC3C2=O)cc1C(=O)O. The van der Waals surface area contributed by atoms with Crippen LogP contribution in [-0.4, -0.2) is 51.8 Å². The van der Waals surface area contributed by atoms with Gasteiger partial charge in [-0.25, -0.2) is 4.79 Å². The summed E-state index contributed by atoms with van der Waals surface area (Å²) >= 11 is 0. The van der Waals surface area contributed by atoms with E-state index in [4.69, 9.17) is 9.52 Å². The number of carbonyl (C=O) groups excluding carboxylic acids is 2. The fourth-order valence-corrected chi connectivity index (χ4v) is 3.02. The third-order valence-corrected chi connectivity index (χ3v) is 4.04. The average molecular weight is 292 g/mol. The first-order valence-electron chi connectivity index (χ1n) is 6.88. The molecule has 1 aromatic heterocycles. The van der Waals surface area contributed by atoms with E-state index >= 15 is 0 Å². The minimum Gasteiger partial charge on any atom is -0.478 e. The molecule has 0 radical (unpaired) electrons. The number of carboxylic acids is 1. The van der Waals surface area contributed by atoms with Gasteiger partial charge in [0.05, 0.1) is 6.54 Å². The normalized spacial score (nSPS) is 21.9. The minimum atomic E-state index is -1.06. The first-order valence-corrected chi connectivity index (χ1v) is 6.88. The molecule has 0 spiro atoms. The van der Waals surface area contributed by atoms with Gasteiger partial charge in [-0.3, -0.25) is 9.59 Å². The summed E-state index contributed by atoms with van der Waals surface area (Å²) in [6, 6.07) is 1.05. The van der Waals surface area contributed by atoms with Gasteiger partial charge in [0.1, 0.15) is 29.7 Å². The van der Waals surface area contributed by atoms with Crippen LogP contribution < -0.4 is 0 Å². The molecular weight excluding hydrogens is 276 g/mol. The average Bonchev–Trinajstić information content (AvgIpc) is 3.02. The number of hydrogen-bond donors (Lipinski definition) is 1. The number of hydrogen-bond acceptors (Lipinski definition) is 4. The zero-order chi connectivity index (χ0) is 15.1. The van der Waals surface area contributed by atoms with Gasteiger partial charge < -0.3 is 19.3 Å². The molecule has 0 aromatic carbocycles. The number of rotatable bonds is 3. The smallest absolute Gasteiger partial charge is 0.339 e. The molecule has 1 unspecified atom stereocenters. The van der Waals surface area contributed by atoms with Crippen LogP contribution in [0.2, 0.25) is 0 Å². The van der Waals surface area contributed by atoms with E-state index in [1.54, 1.807) is 11.8 Å². The van der Waals surface area contributed by atoms with Gasteiger partial charge in [0.25, 0.3) is 0 Å². The van der Waals surface area contributed by atoms with Crippen molar-refractivity contribution >= 4 is 17.8 Å². The molecule has 3 rings (SSSR count). The highest BCUT2D eigenvalue weighted by atomic mass is 16.4. The van der Waals surface area contributed by atoms with Crippen molar-refractivity contribution < 1.29 is 23.9 Å². The fourth-order valence-electron chi connectivity index (χ4n) is 3.02. The maximum atomic E-state index is 12.4. The topological polar surface area (TPSA) is 91.1 Å². The highest BCUT2D eigenvalue weighted by Gasteiger charge is 2.42. The van der Waals surface area contributed by atoms with Crippen LogP contribution in [0.15, 0.2) is 10.5 Å². The first kappa shape index (κ1) is 13.7. The maximum absolute atomic E-state index is 12.4. The molecule has 2 saturated heterocycles. The lowest BCUT2D eigenvalue weighted by Crippen LogP contribution is -2.56. The van der Waals surface area contributed by atoms with Crippen LogP contribution in [-0.2, 0) is 16.1 Å². The summed E-state index contributed by atoms with van der Waals surface area (Å²) in [4.78, 5) is 38.4. The molecule has 112 valence electrons. The van der Waals surface area contributed by atoms with Crippen molar-refractivity contribution in [3.05, 3.63) is 23.2 Å². The highest BCUT2D eigenvalue weighted by molar-refractivity contribution is 5.95. The van der Waals surface area contributed by atoms with Gasteiger partial charge in [-0.1, -0.05) is 0 Å². The monoisotopic (exact) mass is 292 g/mol. The number of fused-ring (bicyclic) bond motifs is 1. The largest absolute Gasteiger partial charge is 0.478 e. The summed E-state index contributed by atoms with van der Waals surface area (Å²) in [5.74, 6) is -0.518. The third kappa shape index (κ3) is 2.28. The van der Waals surface area contributed by atoms with Gasteiger partial charge in [0, 0.05) is 6.54 Å². The number of furan rings is 1. The van der Waals surface area contributed by atoms with Crippen LogP contribution in [0.5, 0.6) is 0 Å². The number of carboxylic acid groups (broad SMARTS) is 1. The molecule has 0 bridgehead atoms. The molecular formula is C14H16N2O5. The third-order valence-electron chi connectivity index (χ3n) is 4.04. The molecule has 0 aliphatic carbocycles. The van der Waals surface area contributed by atoms with Crippen molar-refractivity contribution in [2.75, 3.05) is 13.1 Å². The summed E-state index contributed by atoms with van der Waals surface area (Å²) in [6.45, 7) is 2.36. The molecule has 3 heterocycles. The van der Waals surface area contributed by atoms with E-state index in [-0.39, 0.29) is 36.5 Å². The Morgan fingerprint density at radius 3 is 2.90 bits per heavy atom. The van der Waals surface area contributed by atoms with Crippen LogP contribution in [0.3, 0.4) is 0 Å². The molecule has 2 amide bonds. The van der Waals surface area contributed by atoms with Gasteiger partial charge in [0.15, 0.2) is 0 Å². The molecule has 1 atom stereocenters. The Bertz CT molecular complexity index is 621. The second-order valence-corrected chi connectivity index (χ2v) is 5.43. The van der Waals surface area contributed by atoms with Crippen LogP contribution in [0, 0.1) is 6.92 Å². The predicted octanol–water partition coefficient (Wildman–Crippen LogP) is 0.619. The van der Waals surface area contributed by atoms with Gasteiger partial charge in [-0.15, -0.1) is 0 Å². The van der Waals surface area contributed by atoms with Gasteiger partial charge in [-0.2, -0.15) is 0 Å². The van der Waals surface area contributed by atoms with Gasteiger partial charge in [0.2, 0.25) is 11.8 Å². The zero-order valence-corrected chi connectivity index (χ0v) is 11.7. The minimum absolute atomic E-state index is 0.0253. The van der Waals surface area contributed by atoms with Gasteiger partial charge in [-0.05, 0) is 25.8 Å². The number of amides is 2. The Kier molecular flexibility index (Phi) is 3.19. The van der Waals surface area contributed by atoms with E-state index in [2.05, 4.69) is 0 Å². The Hall–Kier alpha value is -2.31. The summed E-state index contributed by atoms with van der Waals surface area (Å²) in [5, 5.41) is 9.00. The van der Waals surface area contributed by atoms with E-state index in [1.165, 1.54) is 11.0 Å². The Labute approximate surface area is 121 Å². The van der Waals surface area contributed by atoms with Crippen molar-refractivity contribution in [1.29, 1.82) is 0 Å². The number of aryl methyl sites for hydroxylation is 1. The maximum Gasteiger partial charge on any atom is 0.339 e. The van der Waals surface area contributed by atoms with Crippen molar-refractivity contribution in [2.24, 2.45) is 0 Å². The van der Waals surface area contributed by atoms with Crippen molar-refractivity contribution in [1.82, 2.24) is 9.80 Å². The zero-order valence-electron chi connectivity index (χ0n) is 11.7. The van der Waals surface area contributed by atoms with E-state index in [1.807, 2.05) is 0 Å². The molecule has 2 aliphatic heterocycles. The standard InChI is InChI=1S/C14H16N2O5/c1-8-10(14(19)20)5-9(21-8)6-15-7-12(17)16-4-2-3-11(16)13(15)18/h5,11H,2-4,6-7H2,1H3,(H,19,20). The predicted molar refractivity (Wildman–Crippen MR) is 70.6 cm³/mol. The lowest BCUT2D eigenvalue weighted by Gasteiger charge is -2.35. The number of piperazine rings is 1. The van der Waals surface area contributed by atoms with E-state index in [9.17, 15) is 14.4 Å². The number of nitrogens with zero attached hydrogens (tertiary/aromatic N) is 2. The molecule has 7 nitrogen and oxygen atoms in total. The lowest BCUT2D eigenvalue weighted by molar-refractivity contribution is -0.154. The molecule has 1 aromatic rings. The second kappa shape index (κ2) is 4.91. The molecule has 7 heteroatoms. The van der Waals surface area contributed by atoms with Crippen LogP contribution >= 0.6 is 0 Å². The fraction of sp³-hybridized carbons (Fsp3) is 0.500. The Balaban J connectivity index is 1.78. The number of aromatic carboxylic acids is 1. The molecule has 1 N–H and O–H groups in total. The van der Waals surface area contributed by atoms with Crippen molar-refractivity contribution in [3.63, 3.8) is 0 Å². The quantitative estimate of drug-likeness (QED) is 0.881. The van der Waals surface area contributed by atoms with Gasteiger partial charge >= 0.3 is 5.97 Å². The van der Waals surface area contributed by atoms with E-state index < -0.39 is 5.97 Å². The highest BCUT2D eigenvalue weighted by Crippen LogP contribution is 2.25. The molecule has 2 fully saturated rings. The Morgan fingerprint density at radius 2 is 2.24 bits per heavy atom. The Morgan fingerprint density at radius 1 is 1.48 bits per heavy atom. The van der Waals surface area contributed by atoms with Crippen molar-refractivity contribution in [2.45, 2.75) is 32.4 Å². The van der Waals surface area contributed by atoms with E-state index in [0.29, 0.717) is 24.5 Å². The first-order chi connectivity index (χ1) is 9.97. The van der Waals surface area contributed by atoms with Crippen LogP contribution in [0.4, 0.5) is 0 Å². The second-order valence-electron chi connectivity index (χ2n) is 5.43. The lowest BCUT2D eigenvalue weighted by atomic mass is 10.1. The van der Waals surface area contributed by atoms with Crippen molar-refractivity contribution in [3.8, 4) is 0 Å². The molecule has 21 heavy (non-hydrogen) atoms. The van der Waals surface area contributed by atoms with E-state index in [0.717, 1.165) is 6.42 Å². The van der Waals surface area contributed by atoms with Crippen LogP contribution in [0.1, 0.15) is 34.7 Å². The summed E-state index contributed by atoms with van der Waals surface area (Å²) < 4.78 is 5.37.